The van der Waals surface area contributed by atoms with Gasteiger partial charge in [-0.3, -0.25) is 4.79 Å². The minimum absolute atomic E-state index is 0.168. The first-order chi connectivity index (χ1) is 14.0. The first kappa shape index (κ1) is 19.5. The second-order valence-corrected chi connectivity index (χ2v) is 8.25. The van der Waals surface area contributed by atoms with Crippen molar-refractivity contribution in [3.8, 4) is 38.3 Å². The van der Waals surface area contributed by atoms with Gasteiger partial charge in [-0.2, -0.15) is 0 Å². The van der Waals surface area contributed by atoms with E-state index >= 15 is 0 Å². The van der Waals surface area contributed by atoms with Crippen molar-refractivity contribution >= 4 is 45.7 Å². The van der Waals surface area contributed by atoms with Crippen LogP contribution in [0.4, 0.5) is 5.82 Å². The quantitative estimate of drug-likeness (QED) is 0.370. The van der Waals surface area contributed by atoms with E-state index in [1.807, 2.05) is 30.3 Å². The average molecular weight is 517 g/mol. The number of imidazole rings is 1. The Bertz CT molecular complexity index is 1170. The molecule has 3 heterocycles. The number of amides is 1. The molecule has 9 heteroatoms. The van der Waals surface area contributed by atoms with Gasteiger partial charge >= 0.3 is 0 Å². The van der Waals surface area contributed by atoms with Gasteiger partial charge in [0.05, 0.1) is 17.7 Å². The maximum atomic E-state index is 11.4. The fourth-order valence-corrected chi connectivity index (χ4v) is 4.58. The van der Waals surface area contributed by atoms with E-state index in [-0.39, 0.29) is 5.91 Å². The molecule has 0 aliphatic carbocycles. The summed E-state index contributed by atoms with van der Waals surface area (Å²) in [5.74, 6) is 1.87. The first-order valence-electron chi connectivity index (χ1n) is 8.63. The van der Waals surface area contributed by atoms with Gasteiger partial charge in [0, 0.05) is 40.2 Å². The molecule has 0 aliphatic rings. The lowest BCUT2D eigenvalue weighted by molar-refractivity contribution is -0.114. The van der Waals surface area contributed by atoms with E-state index in [2.05, 4.69) is 42.9 Å². The number of aromatic nitrogens is 4. The van der Waals surface area contributed by atoms with Crippen LogP contribution in [0, 0.1) is 3.57 Å². The summed E-state index contributed by atoms with van der Waals surface area (Å²) in [6, 6.07) is 9.58. The van der Waals surface area contributed by atoms with Crippen LogP contribution in [0.3, 0.4) is 0 Å². The standard InChI is InChI=1S/C20H16IN5O2S/c1-11(27)25-16-9-12(5-6-22-16)20-26-17(18(29-20)19-23-7-8-24-19)14-4-3-13(28-2)10-15(14)21/h3-10H,1-2H3,(H,23,24)(H,22,25,27). The highest BCUT2D eigenvalue weighted by molar-refractivity contribution is 14.1. The van der Waals surface area contributed by atoms with Crippen LogP contribution in [-0.4, -0.2) is 33.0 Å². The Morgan fingerprint density at radius 2 is 2.07 bits per heavy atom. The van der Waals surface area contributed by atoms with Crippen LogP contribution in [0.25, 0.3) is 32.5 Å². The number of halogens is 1. The Morgan fingerprint density at radius 3 is 2.76 bits per heavy atom. The van der Waals surface area contributed by atoms with Gasteiger partial charge in [-0.15, -0.1) is 11.3 Å². The third-order valence-corrected chi connectivity index (χ3v) is 6.09. The van der Waals surface area contributed by atoms with Crippen molar-refractivity contribution in [3.63, 3.8) is 0 Å². The summed E-state index contributed by atoms with van der Waals surface area (Å²) in [5, 5.41) is 3.52. The molecule has 0 spiro atoms. The molecular formula is C20H16IN5O2S. The number of ether oxygens (including phenoxy) is 1. The second kappa shape index (κ2) is 8.29. The first-order valence-corrected chi connectivity index (χ1v) is 10.5. The Kier molecular flexibility index (Phi) is 5.58. The Balaban J connectivity index is 1.84. The molecule has 4 aromatic rings. The highest BCUT2D eigenvalue weighted by atomic mass is 127. The summed E-state index contributed by atoms with van der Waals surface area (Å²) in [7, 11) is 1.65. The number of rotatable bonds is 5. The molecular weight excluding hydrogens is 501 g/mol. The Hall–Kier alpha value is -2.79. The second-order valence-electron chi connectivity index (χ2n) is 6.09. The predicted octanol–water partition coefficient (Wildman–Crippen LogP) is 4.83. The molecule has 0 fully saturated rings. The van der Waals surface area contributed by atoms with E-state index in [1.165, 1.54) is 18.3 Å². The van der Waals surface area contributed by atoms with Crippen molar-refractivity contribution in [2.24, 2.45) is 0 Å². The minimum Gasteiger partial charge on any atom is -0.497 e. The lowest BCUT2D eigenvalue weighted by atomic mass is 10.1. The van der Waals surface area contributed by atoms with Crippen molar-refractivity contribution in [1.82, 2.24) is 19.9 Å². The van der Waals surface area contributed by atoms with Crippen LogP contribution in [0.1, 0.15) is 6.92 Å². The van der Waals surface area contributed by atoms with Crippen molar-refractivity contribution in [1.29, 1.82) is 0 Å². The summed E-state index contributed by atoms with van der Waals surface area (Å²) in [4.78, 5) is 29.0. The highest BCUT2D eigenvalue weighted by Crippen LogP contribution is 2.41. The zero-order valence-corrected chi connectivity index (χ0v) is 18.5. The SMILES string of the molecule is COc1ccc(-c2nc(-c3ccnc(NC(C)=O)c3)sc2-c2ncc[nH]2)c(I)c1. The van der Waals surface area contributed by atoms with Crippen LogP contribution < -0.4 is 10.1 Å². The number of pyridine rings is 1. The molecule has 0 aliphatic heterocycles. The number of nitrogens with zero attached hydrogens (tertiary/aromatic N) is 3. The fraction of sp³-hybridized carbons (Fsp3) is 0.100. The van der Waals surface area contributed by atoms with Crippen LogP contribution >= 0.6 is 33.9 Å². The zero-order chi connectivity index (χ0) is 20.4. The van der Waals surface area contributed by atoms with Crippen molar-refractivity contribution in [3.05, 3.63) is 52.5 Å². The van der Waals surface area contributed by atoms with E-state index < -0.39 is 0 Å². The molecule has 2 N–H and O–H groups in total. The van der Waals surface area contributed by atoms with Gasteiger partial charge in [0.25, 0.3) is 0 Å². The highest BCUT2D eigenvalue weighted by Gasteiger charge is 2.20. The number of thiazole rings is 1. The van der Waals surface area contributed by atoms with Gasteiger partial charge in [0.15, 0.2) is 0 Å². The summed E-state index contributed by atoms with van der Waals surface area (Å²) >= 11 is 3.82. The van der Waals surface area contributed by atoms with Crippen LogP contribution in [0.15, 0.2) is 48.9 Å². The van der Waals surface area contributed by atoms with Gasteiger partial charge in [0.2, 0.25) is 5.91 Å². The summed E-state index contributed by atoms with van der Waals surface area (Å²) in [5.41, 5.74) is 2.71. The monoisotopic (exact) mass is 517 g/mol. The number of nitrogens with one attached hydrogen (secondary N) is 2. The van der Waals surface area contributed by atoms with Crippen LogP contribution in [-0.2, 0) is 4.79 Å². The number of benzene rings is 1. The summed E-state index contributed by atoms with van der Waals surface area (Å²) in [6.45, 7) is 1.45. The molecule has 0 atom stereocenters. The molecule has 0 bridgehead atoms. The number of methoxy groups -OCH3 is 1. The number of H-pyrrole nitrogens is 1. The normalized spacial score (nSPS) is 10.7. The van der Waals surface area contributed by atoms with E-state index in [4.69, 9.17) is 9.72 Å². The molecule has 29 heavy (non-hydrogen) atoms. The Labute approximate surface area is 184 Å². The van der Waals surface area contributed by atoms with E-state index in [9.17, 15) is 4.79 Å². The van der Waals surface area contributed by atoms with Crippen LogP contribution in [0.5, 0.6) is 5.75 Å². The number of aromatic amines is 1. The molecule has 3 aromatic heterocycles. The van der Waals surface area contributed by atoms with Crippen molar-refractivity contribution in [2.45, 2.75) is 6.92 Å². The zero-order valence-electron chi connectivity index (χ0n) is 15.6. The molecule has 0 saturated heterocycles. The van der Waals surface area contributed by atoms with Gasteiger partial charge in [-0.05, 0) is 52.9 Å². The molecule has 4 rings (SSSR count). The number of carbonyl (C=O) groups excluding carboxylic acids is 1. The third-order valence-electron chi connectivity index (χ3n) is 4.08. The maximum Gasteiger partial charge on any atom is 0.222 e. The van der Waals surface area contributed by atoms with E-state index in [1.54, 1.807) is 25.7 Å². The molecule has 1 aromatic carbocycles. The maximum absolute atomic E-state index is 11.4. The van der Waals surface area contributed by atoms with Crippen LogP contribution in [0.2, 0.25) is 0 Å². The fourth-order valence-electron chi connectivity index (χ4n) is 2.80. The number of hydrogen-bond acceptors (Lipinski definition) is 6. The lowest BCUT2D eigenvalue weighted by Gasteiger charge is -2.06. The number of carbonyl (C=O) groups is 1. The largest absolute Gasteiger partial charge is 0.497 e. The third kappa shape index (κ3) is 4.15. The van der Waals surface area contributed by atoms with E-state index in [0.717, 1.165) is 41.8 Å². The molecule has 0 radical (unpaired) electrons. The topological polar surface area (TPSA) is 92.8 Å². The van der Waals surface area contributed by atoms with Crippen molar-refractivity contribution in [2.75, 3.05) is 12.4 Å². The van der Waals surface area contributed by atoms with Gasteiger partial charge in [-0.25, -0.2) is 15.0 Å². The predicted molar refractivity (Wildman–Crippen MR) is 122 cm³/mol. The summed E-state index contributed by atoms with van der Waals surface area (Å²) in [6.07, 6.45) is 5.17. The molecule has 7 nitrogen and oxygen atoms in total. The molecule has 1 amide bonds. The van der Waals surface area contributed by atoms with Gasteiger partial charge in [-0.1, -0.05) is 0 Å². The summed E-state index contributed by atoms with van der Waals surface area (Å²) < 4.78 is 6.35. The van der Waals surface area contributed by atoms with Crippen molar-refractivity contribution < 1.29 is 9.53 Å². The van der Waals surface area contributed by atoms with Gasteiger partial charge < -0.3 is 15.0 Å². The molecule has 0 unspecified atom stereocenters. The molecule has 0 saturated carbocycles. The smallest absolute Gasteiger partial charge is 0.222 e. The van der Waals surface area contributed by atoms with E-state index in [0.29, 0.717) is 5.82 Å². The number of anilines is 1. The van der Waals surface area contributed by atoms with Gasteiger partial charge in [0.1, 0.15) is 22.4 Å². The lowest BCUT2D eigenvalue weighted by Crippen LogP contribution is -2.07. The Morgan fingerprint density at radius 1 is 1.21 bits per heavy atom. The minimum atomic E-state index is -0.168. The number of hydrogen-bond donors (Lipinski definition) is 2. The molecule has 146 valence electrons. The average Bonchev–Trinajstić information content (AvgIpc) is 3.37.